The molecule has 1 heterocycles. The summed E-state index contributed by atoms with van der Waals surface area (Å²) in [5.74, 6) is 0.135. The Bertz CT molecular complexity index is 1350. The predicted molar refractivity (Wildman–Crippen MR) is 125 cm³/mol. The van der Waals surface area contributed by atoms with Gasteiger partial charge in [-0.1, -0.05) is 66.7 Å². The Morgan fingerprint density at radius 1 is 0.562 bits per heavy atom. The largest absolute Gasteiger partial charge is 0.868 e. The molecule has 3 nitrogen and oxygen atoms in total. The van der Waals surface area contributed by atoms with Crippen LogP contribution < -0.4 is 9.67 Å². The van der Waals surface area contributed by atoms with Gasteiger partial charge in [-0.25, -0.2) is 0 Å². The zero-order chi connectivity index (χ0) is 21.9. The summed E-state index contributed by atoms with van der Waals surface area (Å²) in [4.78, 5) is 0. The molecule has 1 aromatic heterocycles. The van der Waals surface area contributed by atoms with Crippen LogP contribution in [0.4, 0.5) is 0 Å². The molecule has 0 saturated carbocycles. The quantitative estimate of drug-likeness (QED) is 0.380. The molecule has 1 N–H and O–H groups in total. The van der Waals surface area contributed by atoms with Gasteiger partial charge in [0.1, 0.15) is 5.75 Å². The smallest absolute Gasteiger partial charge is 0.219 e. The van der Waals surface area contributed by atoms with Crippen LogP contribution in [0.3, 0.4) is 0 Å². The number of hydrogen-bond acceptors (Lipinski definition) is 2. The minimum atomic E-state index is -0.0462. The van der Waals surface area contributed by atoms with Crippen LogP contribution in [0.2, 0.25) is 0 Å². The normalized spacial score (nSPS) is 10.8. The first-order valence-corrected chi connectivity index (χ1v) is 10.5. The van der Waals surface area contributed by atoms with Gasteiger partial charge in [0, 0.05) is 29.3 Å². The third-order valence-electron chi connectivity index (χ3n) is 5.51. The number of benzene rings is 4. The maximum Gasteiger partial charge on any atom is 0.219 e. The minimum absolute atomic E-state index is 0.0462. The van der Waals surface area contributed by atoms with Crippen LogP contribution in [0.1, 0.15) is 0 Å². The molecule has 0 amide bonds. The van der Waals surface area contributed by atoms with Crippen LogP contribution in [0.25, 0.3) is 39.3 Å². The van der Waals surface area contributed by atoms with Gasteiger partial charge in [0.15, 0.2) is 0 Å². The molecule has 4 aromatic carbocycles. The summed E-state index contributed by atoms with van der Waals surface area (Å²) in [7, 11) is 0. The molecule has 0 unspecified atom stereocenters. The monoisotopic (exact) mass is 415 g/mol. The van der Waals surface area contributed by atoms with E-state index >= 15 is 0 Å². The highest BCUT2D eigenvalue weighted by Crippen LogP contribution is 2.37. The average molecular weight is 415 g/mol. The van der Waals surface area contributed by atoms with Crippen LogP contribution >= 0.6 is 0 Å². The van der Waals surface area contributed by atoms with Crippen molar-refractivity contribution in [3.8, 4) is 50.8 Å². The van der Waals surface area contributed by atoms with Crippen molar-refractivity contribution in [3.05, 3.63) is 121 Å². The number of aromatic nitrogens is 1. The summed E-state index contributed by atoms with van der Waals surface area (Å²) in [5, 5.41) is 23.8. The highest BCUT2D eigenvalue weighted by molar-refractivity contribution is 5.81. The molecular weight excluding hydrogens is 394 g/mol. The predicted octanol–water partition coefficient (Wildman–Crippen LogP) is 5.74. The zero-order valence-electron chi connectivity index (χ0n) is 17.3. The third-order valence-corrected chi connectivity index (χ3v) is 5.51. The summed E-state index contributed by atoms with van der Waals surface area (Å²) >= 11 is 0. The lowest BCUT2D eigenvalue weighted by atomic mass is 9.97. The van der Waals surface area contributed by atoms with Gasteiger partial charge in [-0.3, -0.25) is 0 Å². The van der Waals surface area contributed by atoms with Gasteiger partial charge >= 0.3 is 0 Å². The first-order valence-electron chi connectivity index (χ1n) is 10.5. The Morgan fingerprint density at radius 2 is 1.06 bits per heavy atom. The lowest BCUT2D eigenvalue weighted by Crippen LogP contribution is -2.37. The van der Waals surface area contributed by atoms with Crippen molar-refractivity contribution in [2.75, 3.05) is 0 Å². The first-order chi connectivity index (χ1) is 15.7. The Labute approximate surface area is 187 Å². The van der Waals surface area contributed by atoms with E-state index in [-0.39, 0.29) is 11.5 Å². The number of phenolic OH excluding ortho intramolecular Hbond substituents is 1. The minimum Gasteiger partial charge on any atom is -0.868 e. The molecule has 154 valence electrons. The summed E-state index contributed by atoms with van der Waals surface area (Å²) in [5.41, 5.74) is 5.64. The Kier molecular flexibility index (Phi) is 5.14. The highest BCUT2D eigenvalue weighted by Gasteiger charge is 2.26. The summed E-state index contributed by atoms with van der Waals surface area (Å²) < 4.78 is 1.98. The lowest BCUT2D eigenvalue weighted by Gasteiger charge is -2.20. The second-order valence-corrected chi connectivity index (χ2v) is 7.57. The van der Waals surface area contributed by atoms with Crippen LogP contribution in [0.5, 0.6) is 11.5 Å². The summed E-state index contributed by atoms with van der Waals surface area (Å²) in [6.45, 7) is 0. The molecule has 0 aliphatic rings. The molecule has 5 aromatic rings. The number of rotatable bonds is 4. The van der Waals surface area contributed by atoms with Crippen molar-refractivity contribution in [3.63, 3.8) is 0 Å². The van der Waals surface area contributed by atoms with Crippen molar-refractivity contribution < 1.29 is 14.8 Å². The first kappa shape index (κ1) is 19.6. The summed E-state index contributed by atoms with van der Waals surface area (Å²) in [6.07, 6.45) is 0. The second-order valence-electron chi connectivity index (χ2n) is 7.57. The van der Waals surface area contributed by atoms with E-state index in [0.29, 0.717) is 11.3 Å². The fourth-order valence-electron chi connectivity index (χ4n) is 4.00. The number of aromatic hydroxyl groups is 1. The molecular formula is C29H21NO2. The molecule has 3 heteroatoms. The molecule has 32 heavy (non-hydrogen) atoms. The van der Waals surface area contributed by atoms with Crippen molar-refractivity contribution >= 4 is 0 Å². The molecule has 0 saturated heterocycles. The molecule has 5 rings (SSSR count). The van der Waals surface area contributed by atoms with Crippen LogP contribution in [-0.4, -0.2) is 5.11 Å². The standard InChI is InChI=1S/C29H21NO2/c31-25-18-16-24(17-19-25)30-27(22-12-6-2-7-13-22)20-26(21-10-4-1-5-11-21)29(32)28(30)23-14-8-3-9-15-23/h1-20H,(H-,31,32). The molecule has 0 bridgehead atoms. The maximum atomic E-state index is 13.9. The van der Waals surface area contributed by atoms with Crippen LogP contribution in [0, 0.1) is 0 Å². The van der Waals surface area contributed by atoms with E-state index in [0.717, 1.165) is 28.1 Å². The van der Waals surface area contributed by atoms with Gasteiger partial charge < -0.3 is 10.2 Å². The Balaban J connectivity index is 1.92. The molecule has 0 aliphatic heterocycles. The molecule has 0 radical (unpaired) electrons. The van der Waals surface area contributed by atoms with E-state index in [4.69, 9.17) is 0 Å². The van der Waals surface area contributed by atoms with Crippen molar-refractivity contribution in [2.45, 2.75) is 0 Å². The number of phenols is 1. The van der Waals surface area contributed by atoms with E-state index in [1.54, 1.807) is 12.1 Å². The number of nitrogens with zero attached hydrogens (tertiary/aromatic N) is 1. The topological polar surface area (TPSA) is 47.2 Å². The fourth-order valence-corrected chi connectivity index (χ4v) is 4.00. The SMILES string of the molecule is [O-]c1c(-c2ccccc2)cc(-c2ccccc2)[n+](-c2ccc(O)cc2)c1-c1ccccc1. The molecule has 0 fully saturated rings. The van der Waals surface area contributed by atoms with Gasteiger partial charge in [0.2, 0.25) is 17.1 Å². The Hall–Kier alpha value is -4.37. The van der Waals surface area contributed by atoms with Crippen molar-refractivity contribution in [2.24, 2.45) is 0 Å². The van der Waals surface area contributed by atoms with Gasteiger partial charge in [0.25, 0.3) is 0 Å². The van der Waals surface area contributed by atoms with Crippen molar-refractivity contribution in [1.82, 2.24) is 0 Å². The van der Waals surface area contributed by atoms with Crippen LogP contribution in [-0.2, 0) is 0 Å². The number of hydrogen-bond donors (Lipinski definition) is 1. The van der Waals surface area contributed by atoms with E-state index < -0.39 is 0 Å². The third kappa shape index (κ3) is 3.61. The summed E-state index contributed by atoms with van der Waals surface area (Å²) in [6, 6.07) is 38.4. The fraction of sp³-hybridized carbons (Fsp3) is 0. The highest BCUT2D eigenvalue weighted by atomic mass is 16.3. The molecule has 0 aliphatic carbocycles. The van der Waals surface area contributed by atoms with Gasteiger partial charge in [-0.05, 0) is 53.3 Å². The van der Waals surface area contributed by atoms with E-state index in [1.165, 1.54) is 0 Å². The van der Waals surface area contributed by atoms with E-state index in [1.807, 2.05) is 114 Å². The zero-order valence-corrected chi connectivity index (χ0v) is 17.3. The van der Waals surface area contributed by atoms with Gasteiger partial charge in [-0.2, -0.15) is 4.57 Å². The second kappa shape index (κ2) is 8.40. The Morgan fingerprint density at radius 3 is 1.62 bits per heavy atom. The van der Waals surface area contributed by atoms with Gasteiger partial charge in [-0.15, -0.1) is 0 Å². The molecule has 0 atom stereocenters. The van der Waals surface area contributed by atoms with E-state index in [9.17, 15) is 10.2 Å². The maximum absolute atomic E-state index is 13.9. The lowest BCUT2D eigenvalue weighted by molar-refractivity contribution is -0.575. The molecule has 0 spiro atoms. The van der Waals surface area contributed by atoms with Crippen molar-refractivity contribution in [1.29, 1.82) is 0 Å². The van der Waals surface area contributed by atoms with E-state index in [2.05, 4.69) is 0 Å². The average Bonchev–Trinajstić information content (AvgIpc) is 2.86. The number of pyridine rings is 1. The van der Waals surface area contributed by atoms with Gasteiger partial charge in [0.05, 0.1) is 0 Å². The van der Waals surface area contributed by atoms with Crippen LogP contribution in [0.15, 0.2) is 121 Å².